The zero-order valence-corrected chi connectivity index (χ0v) is 15.7. The van der Waals surface area contributed by atoms with Crippen molar-refractivity contribution in [2.24, 2.45) is 0 Å². The maximum atomic E-state index is 5.47. The number of aryl methyl sites for hydroxylation is 4. The number of rotatable bonds is 5. The molecule has 0 saturated heterocycles. The topological polar surface area (TPSA) is 61.0 Å². The van der Waals surface area contributed by atoms with Crippen LogP contribution in [-0.2, 0) is 12.8 Å². The summed E-state index contributed by atoms with van der Waals surface area (Å²) in [6, 6.07) is 14.5. The van der Waals surface area contributed by atoms with Gasteiger partial charge in [0.05, 0.1) is 18.3 Å². The third-order valence-electron chi connectivity index (χ3n) is 4.75. The lowest BCUT2D eigenvalue weighted by atomic mass is 10.0. The lowest BCUT2D eigenvalue weighted by molar-refractivity contribution is 0.392. The fraction of sp³-hybridized carbons (Fsp3) is 0.227. The van der Waals surface area contributed by atoms with E-state index < -0.39 is 0 Å². The third kappa shape index (κ3) is 3.40. The van der Waals surface area contributed by atoms with Crippen molar-refractivity contribution in [1.29, 1.82) is 0 Å². The number of hydrogen-bond donors (Lipinski definition) is 0. The van der Waals surface area contributed by atoms with Gasteiger partial charge in [-0.1, -0.05) is 29.4 Å². The Morgan fingerprint density at radius 3 is 2.67 bits per heavy atom. The molecule has 4 aromatic rings. The molecule has 0 atom stereocenters. The minimum absolute atomic E-state index is 0.645. The molecule has 0 bridgehead atoms. The molecular weight excluding hydrogens is 338 g/mol. The van der Waals surface area contributed by atoms with Crippen molar-refractivity contribution < 1.29 is 9.26 Å². The van der Waals surface area contributed by atoms with E-state index in [2.05, 4.69) is 34.4 Å². The molecule has 5 heteroatoms. The first-order valence-corrected chi connectivity index (χ1v) is 8.96. The lowest BCUT2D eigenvalue weighted by Gasteiger charge is -2.10. The van der Waals surface area contributed by atoms with E-state index in [4.69, 9.17) is 14.2 Å². The van der Waals surface area contributed by atoms with Gasteiger partial charge in [-0.05, 0) is 44.9 Å². The Morgan fingerprint density at radius 2 is 1.89 bits per heavy atom. The first-order valence-electron chi connectivity index (χ1n) is 8.96. The van der Waals surface area contributed by atoms with Gasteiger partial charge in [0, 0.05) is 34.0 Å². The van der Waals surface area contributed by atoms with Crippen molar-refractivity contribution in [3.63, 3.8) is 0 Å². The number of pyridine rings is 2. The number of ether oxygens (including phenoxy) is 1. The van der Waals surface area contributed by atoms with Crippen molar-refractivity contribution >= 4 is 10.9 Å². The second kappa shape index (κ2) is 7.19. The molecule has 0 radical (unpaired) electrons. The van der Waals surface area contributed by atoms with Gasteiger partial charge in [-0.3, -0.25) is 4.98 Å². The predicted molar refractivity (Wildman–Crippen MR) is 105 cm³/mol. The maximum Gasteiger partial charge on any atom is 0.216 e. The number of methoxy groups -OCH3 is 1. The first-order chi connectivity index (χ1) is 13.2. The van der Waals surface area contributed by atoms with Crippen LogP contribution in [-0.4, -0.2) is 22.2 Å². The van der Waals surface area contributed by atoms with Gasteiger partial charge in [-0.2, -0.15) is 0 Å². The molecule has 4 rings (SSSR count). The van der Waals surface area contributed by atoms with Crippen LogP contribution in [0.1, 0.15) is 22.7 Å². The fourth-order valence-corrected chi connectivity index (χ4v) is 3.40. The Kier molecular flexibility index (Phi) is 4.59. The van der Waals surface area contributed by atoms with Gasteiger partial charge in [0.1, 0.15) is 5.76 Å². The second-order valence-corrected chi connectivity index (χ2v) is 6.59. The van der Waals surface area contributed by atoms with Crippen LogP contribution in [0.25, 0.3) is 22.0 Å². The largest absolute Gasteiger partial charge is 0.481 e. The summed E-state index contributed by atoms with van der Waals surface area (Å²) < 4.78 is 10.8. The average Bonchev–Trinajstić information content (AvgIpc) is 3.04. The number of nitrogens with zero attached hydrogens (tertiary/aromatic N) is 3. The summed E-state index contributed by atoms with van der Waals surface area (Å²) in [6.07, 6.45) is 3.41. The molecule has 0 spiro atoms. The highest BCUT2D eigenvalue weighted by atomic mass is 16.5. The van der Waals surface area contributed by atoms with Crippen LogP contribution in [0.4, 0.5) is 0 Å². The molecule has 0 unspecified atom stereocenters. The summed E-state index contributed by atoms with van der Waals surface area (Å²) in [7, 11) is 1.65. The van der Waals surface area contributed by atoms with E-state index in [0.717, 1.165) is 57.6 Å². The number of para-hydroxylation sites is 1. The monoisotopic (exact) mass is 359 g/mol. The van der Waals surface area contributed by atoms with Crippen LogP contribution >= 0.6 is 0 Å². The quantitative estimate of drug-likeness (QED) is 0.517. The third-order valence-corrected chi connectivity index (χ3v) is 4.75. The summed E-state index contributed by atoms with van der Waals surface area (Å²) in [4.78, 5) is 9.25. The minimum Gasteiger partial charge on any atom is -0.481 e. The van der Waals surface area contributed by atoms with Crippen LogP contribution in [0.15, 0.2) is 53.2 Å². The highest BCUT2D eigenvalue weighted by Gasteiger charge is 2.15. The normalized spacial score (nSPS) is 11.1. The Morgan fingerprint density at radius 1 is 1.04 bits per heavy atom. The maximum absolute atomic E-state index is 5.47. The number of aromatic nitrogens is 3. The van der Waals surface area contributed by atoms with Gasteiger partial charge in [0.25, 0.3) is 0 Å². The van der Waals surface area contributed by atoms with Crippen LogP contribution in [0.5, 0.6) is 5.88 Å². The van der Waals surface area contributed by atoms with Crippen LogP contribution in [0, 0.1) is 13.8 Å². The van der Waals surface area contributed by atoms with E-state index in [0.29, 0.717) is 5.88 Å². The molecular formula is C22H21N3O2. The molecule has 0 aliphatic rings. The van der Waals surface area contributed by atoms with Gasteiger partial charge in [-0.15, -0.1) is 0 Å². The molecule has 1 aromatic carbocycles. The average molecular weight is 359 g/mol. The van der Waals surface area contributed by atoms with E-state index in [1.807, 2.05) is 38.2 Å². The molecule has 0 aliphatic carbocycles. The molecule has 0 N–H and O–H groups in total. The van der Waals surface area contributed by atoms with E-state index in [1.165, 1.54) is 0 Å². The molecule has 0 fully saturated rings. The van der Waals surface area contributed by atoms with Gasteiger partial charge >= 0.3 is 0 Å². The van der Waals surface area contributed by atoms with Gasteiger partial charge < -0.3 is 9.26 Å². The number of hydrogen-bond acceptors (Lipinski definition) is 5. The summed E-state index contributed by atoms with van der Waals surface area (Å²) in [6.45, 7) is 3.85. The van der Waals surface area contributed by atoms with Crippen molar-refractivity contribution in [3.8, 4) is 17.0 Å². The van der Waals surface area contributed by atoms with Crippen LogP contribution in [0.2, 0.25) is 0 Å². The predicted octanol–water partition coefficient (Wildman–Crippen LogP) is 4.70. The highest BCUT2D eigenvalue weighted by Crippen LogP contribution is 2.30. The van der Waals surface area contributed by atoms with E-state index in [9.17, 15) is 0 Å². The standard InChI is InChI=1S/C22H21N3O2/c1-14-21(15(2)27-25-14)18-12-17(22(26-3)23-13-18)9-11-19-10-8-16-6-4-5-7-20(16)24-19/h4-8,10,12-13H,9,11H2,1-3H3. The van der Waals surface area contributed by atoms with E-state index >= 15 is 0 Å². The molecule has 5 nitrogen and oxygen atoms in total. The van der Waals surface area contributed by atoms with E-state index in [1.54, 1.807) is 7.11 Å². The molecule has 3 heterocycles. The highest BCUT2D eigenvalue weighted by molar-refractivity contribution is 5.78. The number of benzene rings is 1. The summed E-state index contributed by atoms with van der Waals surface area (Å²) >= 11 is 0. The molecule has 0 saturated carbocycles. The number of fused-ring (bicyclic) bond motifs is 1. The van der Waals surface area contributed by atoms with Gasteiger partial charge in [-0.25, -0.2) is 4.98 Å². The molecule has 0 amide bonds. The molecule has 0 aliphatic heterocycles. The zero-order chi connectivity index (χ0) is 18.8. The van der Waals surface area contributed by atoms with Crippen molar-refractivity contribution in [1.82, 2.24) is 15.1 Å². The SMILES string of the molecule is COc1ncc(-c2c(C)noc2C)cc1CCc1ccc2ccccc2n1. The van der Waals surface area contributed by atoms with Crippen molar-refractivity contribution in [2.75, 3.05) is 7.11 Å². The summed E-state index contributed by atoms with van der Waals surface area (Å²) in [5.74, 6) is 1.44. The molecule has 27 heavy (non-hydrogen) atoms. The lowest BCUT2D eigenvalue weighted by Crippen LogP contribution is -2.00. The second-order valence-electron chi connectivity index (χ2n) is 6.59. The smallest absolute Gasteiger partial charge is 0.216 e. The van der Waals surface area contributed by atoms with Crippen molar-refractivity contribution in [3.05, 3.63) is 71.4 Å². The Bertz CT molecular complexity index is 1080. The summed E-state index contributed by atoms with van der Waals surface area (Å²) in [5, 5.41) is 5.20. The van der Waals surface area contributed by atoms with Gasteiger partial charge in [0.2, 0.25) is 5.88 Å². The Labute approximate surface area is 158 Å². The Hall–Kier alpha value is -3.21. The van der Waals surface area contributed by atoms with E-state index in [-0.39, 0.29) is 0 Å². The molecule has 3 aromatic heterocycles. The Balaban J connectivity index is 1.63. The van der Waals surface area contributed by atoms with Crippen LogP contribution in [0.3, 0.4) is 0 Å². The zero-order valence-electron chi connectivity index (χ0n) is 15.7. The molecule has 136 valence electrons. The van der Waals surface area contributed by atoms with Crippen LogP contribution < -0.4 is 4.74 Å². The van der Waals surface area contributed by atoms with Crippen molar-refractivity contribution in [2.45, 2.75) is 26.7 Å². The fourth-order valence-electron chi connectivity index (χ4n) is 3.40. The summed E-state index contributed by atoms with van der Waals surface area (Å²) in [5.41, 5.74) is 5.97. The first kappa shape index (κ1) is 17.2. The minimum atomic E-state index is 0.645. The van der Waals surface area contributed by atoms with Gasteiger partial charge in [0.15, 0.2) is 0 Å².